The number of likely N-dealkylation sites (N-methyl/N-ethyl adjacent to an activating group) is 1. The van der Waals surface area contributed by atoms with Gasteiger partial charge in [0, 0.05) is 29.6 Å². The molecule has 0 aliphatic carbocycles. The van der Waals surface area contributed by atoms with Crippen molar-refractivity contribution in [2.45, 2.75) is 32.7 Å². The van der Waals surface area contributed by atoms with Crippen LogP contribution in [0.2, 0.25) is 0 Å². The molecular weight excluding hydrogens is 349 g/mol. The highest BCUT2D eigenvalue weighted by Gasteiger charge is 2.43. The molecule has 0 amide bonds. The van der Waals surface area contributed by atoms with Crippen molar-refractivity contribution in [1.82, 2.24) is 9.88 Å². The molecule has 8 heteroatoms. The van der Waals surface area contributed by atoms with Gasteiger partial charge in [-0.2, -0.15) is 13.2 Å². The van der Waals surface area contributed by atoms with E-state index in [1.165, 1.54) is 0 Å². The van der Waals surface area contributed by atoms with Crippen LogP contribution >= 0.6 is 0 Å². The predicted octanol–water partition coefficient (Wildman–Crippen LogP) is 3.74. The van der Waals surface area contributed by atoms with Gasteiger partial charge >= 0.3 is 12.1 Å². The summed E-state index contributed by atoms with van der Waals surface area (Å²) in [5, 5.41) is 0.941. The van der Waals surface area contributed by atoms with E-state index in [1.807, 2.05) is 24.4 Å². The molecule has 0 aliphatic rings. The number of ether oxygens (including phenoxy) is 2. The van der Waals surface area contributed by atoms with Crippen LogP contribution in [0.1, 0.15) is 19.4 Å². The lowest BCUT2D eigenvalue weighted by Crippen LogP contribution is -2.43. The Bertz CT molecular complexity index is 756. The van der Waals surface area contributed by atoms with E-state index in [4.69, 9.17) is 4.74 Å². The molecule has 0 saturated carbocycles. The predicted molar refractivity (Wildman–Crippen MR) is 92.0 cm³/mol. The summed E-state index contributed by atoms with van der Waals surface area (Å²) in [6, 6.07) is 5.65. The van der Waals surface area contributed by atoms with Crippen molar-refractivity contribution in [2.24, 2.45) is 5.92 Å². The third-order valence-corrected chi connectivity index (χ3v) is 4.17. The van der Waals surface area contributed by atoms with Crippen LogP contribution in [-0.4, -0.2) is 49.0 Å². The molecule has 26 heavy (non-hydrogen) atoms. The Labute approximate surface area is 150 Å². The van der Waals surface area contributed by atoms with E-state index in [1.54, 1.807) is 32.9 Å². The summed E-state index contributed by atoms with van der Waals surface area (Å²) in [5.74, 6) is -1.73. The van der Waals surface area contributed by atoms with Gasteiger partial charge in [-0.3, -0.25) is 4.90 Å². The van der Waals surface area contributed by atoms with Crippen molar-refractivity contribution < 1.29 is 27.4 Å². The smallest absolute Gasteiger partial charge is 0.490 e. The maximum Gasteiger partial charge on any atom is 0.490 e. The topological polar surface area (TPSA) is 54.6 Å². The van der Waals surface area contributed by atoms with Gasteiger partial charge < -0.3 is 14.5 Å². The molecule has 0 saturated heterocycles. The average Bonchev–Trinajstić information content (AvgIpc) is 2.99. The Kier molecular flexibility index (Phi) is 6.17. The lowest BCUT2D eigenvalue weighted by atomic mass is 10.1. The van der Waals surface area contributed by atoms with Crippen molar-refractivity contribution in [2.75, 3.05) is 20.7 Å². The molecule has 5 nitrogen and oxygen atoms in total. The van der Waals surface area contributed by atoms with Crippen molar-refractivity contribution in [1.29, 1.82) is 0 Å². The third kappa shape index (κ3) is 4.49. The maximum atomic E-state index is 12.5. The van der Waals surface area contributed by atoms with E-state index >= 15 is 0 Å². The number of benzene rings is 1. The minimum atomic E-state index is -5.00. The molecule has 0 bridgehead atoms. The number of hydrogen-bond donors (Lipinski definition) is 1. The van der Waals surface area contributed by atoms with Crippen LogP contribution in [0.3, 0.4) is 0 Å². The van der Waals surface area contributed by atoms with Crippen LogP contribution in [0.25, 0.3) is 10.9 Å². The zero-order chi connectivity index (χ0) is 19.5. The number of hydrogen-bond acceptors (Lipinski definition) is 4. The number of H-pyrrole nitrogens is 1. The molecule has 144 valence electrons. The monoisotopic (exact) mass is 372 g/mol. The van der Waals surface area contributed by atoms with Crippen LogP contribution in [0.4, 0.5) is 13.2 Å². The van der Waals surface area contributed by atoms with Gasteiger partial charge in [0.05, 0.1) is 7.11 Å². The second-order valence-electron chi connectivity index (χ2n) is 6.47. The Balaban J connectivity index is 2.11. The number of alkyl halides is 3. The Morgan fingerprint density at radius 2 is 2.00 bits per heavy atom. The number of fused-ring (bicyclic) bond motifs is 1. The number of rotatable bonds is 7. The fourth-order valence-corrected chi connectivity index (χ4v) is 2.92. The fraction of sp³-hybridized carbons (Fsp3) is 0.500. The molecule has 1 atom stereocenters. The molecule has 0 radical (unpaired) electrons. The van der Waals surface area contributed by atoms with Gasteiger partial charge in [0.15, 0.2) is 6.23 Å². The highest BCUT2D eigenvalue weighted by Crippen LogP contribution is 2.29. The third-order valence-electron chi connectivity index (χ3n) is 4.17. The van der Waals surface area contributed by atoms with Gasteiger partial charge in [-0.25, -0.2) is 4.79 Å². The Morgan fingerprint density at radius 3 is 2.58 bits per heavy atom. The number of carbonyl (C=O) groups is 1. The van der Waals surface area contributed by atoms with E-state index in [0.29, 0.717) is 13.0 Å². The molecule has 1 N–H and O–H groups in total. The van der Waals surface area contributed by atoms with E-state index in [0.717, 1.165) is 22.2 Å². The van der Waals surface area contributed by atoms with E-state index in [2.05, 4.69) is 9.72 Å². The number of nitrogens with one attached hydrogen (secondary N) is 1. The summed E-state index contributed by atoms with van der Waals surface area (Å²) in [6.07, 6.45) is -3.55. The summed E-state index contributed by atoms with van der Waals surface area (Å²) in [5.41, 5.74) is 1.90. The van der Waals surface area contributed by atoms with Gasteiger partial charge in [0.1, 0.15) is 5.75 Å². The summed E-state index contributed by atoms with van der Waals surface area (Å²) in [6.45, 7) is 3.83. The van der Waals surface area contributed by atoms with Gasteiger partial charge in [-0.05, 0) is 31.2 Å². The van der Waals surface area contributed by atoms with Gasteiger partial charge in [-0.15, -0.1) is 0 Å². The largest absolute Gasteiger partial charge is 0.496 e. The second-order valence-corrected chi connectivity index (χ2v) is 6.47. The van der Waals surface area contributed by atoms with Crippen LogP contribution < -0.4 is 4.74 Å². The summed E-state index contributed by atoms with van der Waals surface area (Å²) in [4.78, 5) is 16.0. The second kappa shape index (κ2) is 7.99. The number of nitrogens with zero attached hydrogens (tertiary/aromatic N) is 1. The van der Waals surface area contributed by atoms with E-state index in [9.17, 15) is 18.0 Å². The van der Waals surface area contributed by atoms with Crippen LogP contribution in [0.15, 0.2) is 24.4 Å². The van der Waals surface area contributed by atoms with E-state index < -0.39 is 18.4 Å². The molecule has 2 aromatic rings. The molecule has 1 aromatic carbocycles. The van der Waals surface area contributed by atoms with Gasteiger partial charge in [-0.1, -0.05) is 19.9 Å². The molecule has 0 fully saturated rings. The molecule has 1 aromatic heterocycles. The number of methoxy groups -OCH3 is 1. The first-order valence-electron chi connectivity index (χ1n) is 8.26. The maximum absolute atomic E-state index is 12.5. The molecule has 0 aliphatic heterocycles. The number of carbonyl (C=O) groups excluding carboxylic acids is 1. The summed E-state index contributed by atoms with van der Waals surface area (Å²) >= 11 is 0. The number of esters is 1. The Morgan fingerprint density at radius 1 is 1.31 bits per heavy atom. The molecule has 0 spiro atoms. The quantitative estimate of drug-likeness (QED) is 0.594. The number of aromatic nitrogens is 1. The SMILES string of the molecule is COc1cccc2[nH]cc(CCN(C)C(OC(=O)C(F)(F)F)C(C)C)c12. The molecule has 2 rings (SSSR count). The average molecular weight is 372 g/mol. The van der Waals surface area contributed by atoms with Gasteiger partial charge in [0.25, 0.3) is 0 Å². The first-order valence-corrected chi connectivity index (χ1v) is 8.26. The highest BCUT2D eigenvalue weighted by atomic mass is 19.4. The fourth-order valence-electron chi connectivity index (χ4n) is 2.92. The lowest BCUT2D eigenvalue weighted by Gasteiger charge is -2.30. The van der Waals surface area contributed by atoms with Crippen molar-refractivity contribution in [3.63, 3.8) is 0 Å². The first-order chi connectivity index (χ1) is 12.1. The minimum Gasteiger partial charge on any atom is -0.496 e. The molecule has 1 unspecified atom stereocenters. The number of halogens is 3. The summed E-state index contributed by atoms with van der Waals surface area (Å²) in [7, 11) is 3.23. The van der Waals surface area contributed by atoms with Crippen molar-refractivity contribution >= 4 is 16.9 Å². The standard InChI is InChI=1S/C18H23F3N2O3/c1-11(2)16(26-17(24)18(19,20)21)23(3)9-8-12-10-22-13-6-5-7-14(25-4)15(12)13/h5-7,10-11,16,22H,8-9H2,1-4H3. The zero-order valence-corrected chi connectivity index (χ0v) is 15.2. The highest BCUT2D eigenvalue weighted by molar-refractivity contribution is 5.89. The normalized spacial score (nSPS) is 13.4. The minimum absolute atomic E-state index is 0.288. The number of aromatic amines is 1. The van der Waals surface area contributed by atoms with Crippen molar-refractivity contribution in [3.05, 3.63) is 30.0 Å². The van der Waals surface area contributed by atoms with Gasteiger partial charge in [0.2, 0.25) is 0 Å². The molecule has 1 heterocycles. The lowest BCUT2D eigenvalue weighted by molar-refractivity contribution is -0.215. The van der Waals surface area contributed by atoms with E-state index in [-0.39, 0.29) is 5.92 Å². The Hall–Kier alpha value is -2.22. The summed E-state index contributed by atoms with van der Waals surface area (Å²) < 4.78 is 47.5. The first kappa shape index (κ1) is 20.1. The molecular formula is C18H23F3N2O3. The van der Waals surface area contributed by atoms with Crippen LogP contribution in [0, 0.1) is 5.92 Å². The van der Waals surface area contributed by atoms with Crippen LogP contribution in [0.5, 0.6) is 5.75 Å². The zero-order valence-electron chi connectivity index (χ0n) is 15.2. The van der Waals surface area contributed by atoms with Crippen LogP contribution in [-0.2, 0) is 16.0 Å². The van der Waals surface area contributed by atoms with Crippen molar-refractivity contribution in [3.8, 4) is 5.75 Å².